The lowest BCUT2D eigenvalue weighted by molar-refractivity contribution is 0.0136. The van der Waals surface area contributed by atoms with Gasteiger partial charge < -0.3 is 14.7 Å². The van der Waals surface area contributed by atoms with E-state index in [2.05, 4.69) is 4.98 Å². The van der Waals surface area contributed by atoms with Crippen LogP contribution in [0, 0.1) is 0 Å². The number of amides is 1. The number of hydrogen-bond donors (Lipinski definition) is 1. The van der Waals surface area contributed by atoms with Crippen LogP contribution in [0.15, 0.2) is 48.7 Å². The van der Waals surface area contributed by atoms with E-state index in [-0.39, 0.29) is 24.8 Å². The fraction of sp³-hybridized carbons (Fsp3) is 0.294. The number of rotatable bonds is 7. The van der Waals surface area contributed by atoms with Gasteiger partial charge in [-0.3, -0.25) is 4.79 Å². The number of carbonyl (C=O) groups excluding carboxylic acids is 1. The second kappa shape index (κ2) is 8.62. The molecule has 1 heterocycles. The molecule has 1 aromatic carbocycles. The van der Waals surface area contributed by atoms with Crippen molar-refractivity contribution < 1.29 is 14.6 Å². The average Bonchev–Trinajstić information content (AvgIpc) is 2.56. The third-order valence-electron chi connectivity index (χ3n) is 3.20. The molecule has 0 aliphatic carbocycles. The third-order valence-corrected chi connectivity index (χ3v) is 3.42. The maximum Gasteiger partial charge on any atom is 0.272 e. The average molecular weight is 335 g/mol. The summed E-state index contributed by atoms with van der Waals surface area (Å²) in [5, 5.41) is 10.4. The number of benzene rings is 1. The van der Waals surface area contributed by atoms with Crippen molar-refractivity contribution in [3.8, 4) is 0 Å². The van der Waals surface area contributed by atoms with Gasteiger partial charge in [-0.25, -0.2) is 4.98 Å². The SMILES string of the molecule is CN(CC(O)COCc1ccccc1)C(=O)c1ccc(Cl)cn1. The van der Waals surface area contributed by atoms with Gasteiger partial charge in [0.25, 0.3) is 5.91 Å². The summed E-state index contributed by atoms with van der Waals surface area (Å²) < 4.78 is 5.46. The van der Waals surface area contributed by atoms with Gasteiger partial charge in [-0.2, -0.15) is 0 Å². The predicted octanol–water partition coefficient (Wildman–Crippen LogP) is 2.38. The number of hydrogen-bond acceptors (Lipinski definition) is 4. The lowest BCUT2D eigenvalue weighted by atomic mass is 10.2. The van der Waals surface area contributed by atoms with Gasteiger partial charge in [0, 0.05) is 19.8 Å². The summed E-state index contributed by atoms with van der Waals surface area (Å²) >= 11 is 5.74. The second-order valence-corrected chi connectivity index (χ2v) is 5.64. The van der Waals surface area contributed by atoms with Crippen LogP contribution in [0.5, 0.6) is 0 Å². The van der Waals surface area contributed by atoms with Gasteiger partial charge in [-0.1, -0.05) is 41.9 Å². The predicted molar refractivity (Wildman–Crippen MR) is 88.3 cm³/mol. The molecule has 0 aliphatic heterocycles. The molecule has 0 saturated carbocycles. The Balaban J connectivity index is 1.76. The molecule has 1 amide bonds. The van der Waals surface area contributed by atoms with Gasteiger partial charge in [-0.05, 0) is 17.7 Å². The Hall–Kier alpha value is -1.95. The molecule has 1 atom stereocenters. The molecule has 1 unspecified atom stereocenters. The molecule has 1 aromatic heterocycles. The Bertz CT molecular complexity index is 619. The quantitative estimate of drug-likeness (QED) is 0.844. The van der Waals surface area contributed by atoms with Gasteiger partial charge in [0.15, 0.2) is 0 Å². The largest absolute Gasteiger partial charge is 0.389 e. The first-order valence-electron chi connectivity index (χ1n) is 7.23. The number of aromatic nitrogens is 1. The van der Waals surface area contributed by atoms with Crippen LogP contribution in [0.4, 0.5) is 0 Å². The van der Waals surface area contributed by atoms with Gasteiger partial charge in [0.05, 0.1) is 24.3 Å². The van der Waals surface area contributed by atoms with E-state index in [9.17, 15) is 9.90 Å². The fourth-order valence-electron chi connectivity index (χ4n) is 2.04. The molecule has 23 heavy (non-hydrogen) atoms. The van der Waals surface area contributed by atoms with Crippen LogP contribution in [0.25, 0.3) is 0 Å². The topological polar surface area (TPSA) is 62.7 Å². The number of pyridine rings is 1. The molecule has 2 rings (SSSR count). The number of halogens is 1. The number of likely N-dealkylation sites (N-methyl/N-ethyl adjacent to an activating group) is 1. The summed E-state index contributed by atoms with van der Waals surface area (Å²) in [4.78, 5) is 17.5. The van der Waals surface area contributed by atoms with Crippen LogP contribution in [-0.2, 0) is 11.3 Å². The van der Waals surface area contributed by atoms with Crippen LogP contribution in [0.2, 0.25) is 5.02 Å². The molecule has 2 aromatic rings. The Labute approximate surface area is 140 Å². The third kappa shape index (κ3) is 5.63. The molecular formula is C17H19ClN2O3. The minimum absolute atomic E-state index is 0.153. The normalized spacial score (nSPS) is 12.0. The molecule has 122 valence electrons. The minimum Gasteiger partial charge on any atom is -0.389 e. The van der Waals surface area contributed by atoms with Crippen LogP contribution < -0.4 is 0 Å². The summed E-state index contributed by atoms with van der Waals surface area (Å²) in [6.07, 6.45) is 0.655. The van der Waals surface area contributed by atoms with Crippen molar-refractivity contribution in [1.29, 1.82) is 0 Å². The lowest BCUT2D eigenvalue weighted by Gasteiger charge is -2.20. The van der Waals surface area contributed by atoms with Crippen molar-refractivity contribution in [3.05, 3.63) is 64.9 Å². The van der Waals surface area contributed by atoms with Gasteiger partial charge >= 0.3 is 0 Å². The Morgan fingerprint density at radius 2 is 2.04 bits per heavy atom. The highest BCUT2D eigenvalue weighted by Crippen LogP contribution is 2.08. The summed E-state index contributed by atoms with van der Waals surface area (Å²) in [7, 11) is 1.61. The molecule has 6 heteroatoms. The van der Waals surface area contributed by atoms with Crippen LogP contribution in [0.1, 0.15) is 16.1 Å². The maximum atomic E-state index is 12.2. The van der Waals surface area contributed by atoms with E-state index in [1.54, 1.807) is 19.2 Å². The highest BCUT2D eigenvalue weighted by Gasteiger charge is 2.16. The van der Waals surface area contributed by atoms with Gasteiger partial charge in [-0.15, -0.1) is 0 Å². The summed E-state index contributed by atoms with van der Waals surface area (Å²) in [6.45, 7) is 0.743. The Morgan fingerprint density at radius 1 is 1.30 bits per heavy atom. The van der Waals surface area contributed by atoms with E-state index in [0.29, 0.717) is 11.6 Å². The minimum atomic E-state index is -0.764. The molecule has 0 radical (unpaired) electrons. The summed E-state index contributed by atoms with van der Waals surface area (Å²) in [6, 6.07) is 12.9. The van der Waals surface area contributed by atoms with Crippen molar-refractivity contribution in [2.45, 2.75) is 12.7 Å². The smallest absolute Gasteiger partial charge is 0.272 e. The molecule has 0 aliphatic rings. The summed E-state index contributed by atoms with van der Waals surface area (Å²) in [5.41, 5.74) is 1.32. The first-order valence-corrected chi connectivity index (χ1v) is 7.61. The van der Waals surface area contributed by atoms with Crippen molar-refractivity contribution >= 4 is 17.5 Å². The van der Waals surface area contributed by atoms with Crippen molar-refractivity contribution in [2.75, 3.05) is 20.2 Å². The molecular weight excluding hydrogens is 316 g/mol. The van der Waals surface area contributed by atoms with Gasteiger partial charge in [0.2, 0.25) is 0 Å². The van der Waals surface area contributed by atoms with Gasteiger partial charge in [0.1, 0.15) is 5.69 Å². The van der Waals surface area contributed by atoms with E-state index in [1.165, 1.54) is 11.1 Å². The summed E-state index contributed by atoms with van der Waals surface area (Å²) in [5.74, 6) is -0.274. The van der Waals surface area contributed by atoms with Crippen LogP contribution >= 0.6 is 11.6 Å². The van der Waals surface area contributed by atoms with Crippen LogP contribution in [-0.4, -0.2) is 47.2 Å². The van der Waals surface area contributed by atoms with E-state index in [1.807, 2.05) is 30.3 Å². The molecule has 0 spiro atoms. The van der Waals surface area contributed by atoms with Crippen LogP contribution in [0.3, 0.4) is 0 Å². The molecule has 0 bridgehead atoms. The monoisotopic (exact) mass is 334 g/mol. The zero-order chi connectivity index (χ0) is 16.7. The van der Waals surface area contributed by atoms with E-state index < -0.39 is 6.10 Å². The van der Waals surface area contributed by atoms with E-state index in [4.69, 9.17) is 16.3 Å². The first kappa shape index (κ1) is 17.4. The Kier molecular flexibility index (Phi) is 6.52. The standard InChI is InChI=1S/C17H19ClN2O3/c1-20(17(22)16-8-7-14(18)9-19-16)10-15(21)12-23-11-13-5-3-2-4-6-13/h2-9,15,21H,10-12H2,1H3. The van der Waals surface area contributed by atoms with Crippen molar-refractivity contribution in [2.24, 2.45) is 0 Å². The molecule has 1 N–H and O–H groups in total. The fourth-order valence-corrected chi connectivity index (χ4v) is 2.15. The molecule has 5 nitrogen and oxygen atoms in total. The van der Waals surface area contributed by atoms with Crippen molar-refractivity contribution in [1.82, 2.24) is 9.88 Å². The highest BCUT2D eigenvalue weighted by molar-refractivity contribution is 6.30. The maximum absolute atomic E-state index is 12.2. The number of nitrogens with zero attached hydrogens (tertiary/aromatic N) is 2. The van der Waals surface area contributed by atoms with E-state index in [0.717, 1.165) is 5.56 Å². The zero-order valence-corrected chi connectivity index (χ0v) is 13.6. The van der Waals surface area contributed by atoms with E-state index >= 15 is 0 Å². The zero-order valence-electron chi connectivity index (χ0n) is 12.9. The lowest BCUT2D eigenvalue weighted by Crippen LogP contribution is -2.36. The second-order valence-electron chi connectivity index (χ2n) is 5.20. The number of aliphatic hydroxyl groups excluding tert-OH is 1. The molecule has 0 fully saturated rings. The number of carbonyl (C=O) groups is 1. The Morgan fingerprint density at radius 3 is 2.70 bits per heavy atom. The van der Waals surface area contributed by atoms with Crippen molar-refractivity contribution in [3.63, 3.8) is 0 Å². The molecule has 0 saturated heterocycles. The number of ether oxygens (including phenoxy) is 1. The number of aliphatic hydroxyl groups is 1. The first-order chi connectivity index (χ1) is 11.1. The highest BCUT2D eigenvalue weighted by atomic mass is 35.5.